The molecule has 3 heterocycles. The highest BCUT2D eigenvalue weighted by Crippen LogP contribution is 2.19. The minimum atomic E-state index is -3.41. The zero-order valence-electron chi connectivity index (χ0n) is 17.9. The Balaban J connectivity index is 1.64. The number of anilines is 1. The highest BCUT2D eigenvalue weighted by molar-refractivity contribution is 7.88. The Bertz CT molecular complexity index is 1050. The summed E-state index contributed by atoms with van der Waals surface area (Å²) in [6.45, 7) is 5.20. The summed E-state index contributed by atoms with van der Waals surface area (Å²) in [5.74, 6) is 0.00853. The number of nitrogens with zero attached hydrogens (tertiary/aromatic N) is 4. The van der Waals surface area contributed by atoms with Crippen LogP contribution in [0, 0.1) is 19.7 Å². The number of halogens is 1. The van der Waals surface area contributed by atoms with Crippen LogP contribution in [0.4, 0.5) is 10.3 Å². The van der Waals surface area contributed by atoms with Gasteiger partial charge in [-0.05, 0) is 38.3 Å². The SMILES string of the molecule is Cc1cc(C)c(=O)n(C(CNS(C)(=O)=O)COC2CCN(c3ncc(F)cn3)CC2)c1. The summed E-state index contributed by atoms with van der Waals surface area (Å²) >= 11 is 0. The number of pyridine rings is 1. The van der Waals surface area contributed by atoms with Crippen molar-refractivity contribution < 1.29 is 17.5 Å². The van der Waals surface area contributed by atoms with Crippen LogP contribution in [0.3, 0.4) is 0 Å². The van der Waals surface area contributed by atoms with Crippen molar-refractivity contribution >= 4 is 16.0 Å². The van der Waals surface area contributed by atoms with Crippen LogP contribution in [0.15, 0.2) is 29.5 Å². The van der Waals surface area contributed by atoms with Crippen molar-refractivity contribution in [2.75, 3.05) is 37.4 Å². The van der Waals surface area contributed by atoms with E-state index in [9.17, 15) is 17.6 Å². The molecule has 0 aliphatic carbocycles. The molecule has 11 heteroatoms. The Morgan fingerprint density at radius 1 is 1.26 bits per heavy atom. The van der Waals surface area contributed by atoms with Crippen LogP contribution < -0.4 is 15.2 Å². The van der Waals surface area contributed by atoms with Gasteiger partial charge in [0.2, 0.25) is 16.0 Å². The molecule has 0 bridgehead atoms. The zero-order valence-corrected chi connectivity index (χ0v) is 18.7. The van der Waals surface area contributed by atoms with Crippen molar-refractivity contribution in [3.05, 3.63) is 52.0 Å². The molecule has 0 radical (unpaired) electrons. The lowest BCUT2D eigenvalue weighted by Crippen LogP contribution is -2.41. The predicted molar refractivity (Wildman–Crippen MR) is 115 cm³/mol. The van der Waals surface area contributed by atoms with Gasteiger partial charge in [0.25, 0.3) is 5.56 Å². The summed E-state index contributed by atoms with van der Waals surface area (Å²) in [5.41, 5.74) is 1.34. The Labute approximate surface area is 181 Å². The average molecular weight is 454 g/mol. The van der Waals surface area contributed by atoms with Crippen LogP contribution in [-0.4, -0.2) is 61.6 Å². The number of rotatable bonds is 8. The van der Waals surface area contributed by atoms with Crippen LogP contribution >= 0.6 is 0 Å². The standard InChI is InChI=1S/C20H28FN5O4S/c1-14-8-15(2)19(27)26(12-14)17(11-24-31(3,28)29)13-30-18-4-6-25(7-5-18)20-22-9-16(21)10-23-20/h8-10,12,17-18,24H,4-7,11,13H2,1-3H3. The number of ether oxygens (including phenoxy) is 1. The third-order valence-electron chi connectivity index (χ3n) is 5.19. The molecule has 1 aliphatic heterocycles. The van der Waals surface area contributed by atoms with Crippen LogP contribution in [0.25, 0.3) is 0 Å². The molecule has 3 rings (SSSR count). The number of aryl methyl sites for hydroxylation is 2. The number of sulfonamides is 1. The van der Waals surface area contributed by atoms with Crippen molar-refractivity contribution in [2.45, 2.75) is 38.8 Å². The average Bonchev–Trinajstić information content (AvgIpc) is 2.71. The van der Waals surface area contributed by atoms with Gasteiger partial charge < -0.3 is 14.2 Å². The minimum absolute atomic E-state index is 0.0426. The molecule has 0 saturated carbocycles. The molecule has 0 amide bonds. The van der Waals surface area contributed by atoms with E-state index in [4.69, 9.17) is 4.74 Å². The van der Waals surface area contributed by atoms with Crippen LogP contribution in [0.5, 0.6) is 0 Å². The van der Waals surface area contributed by atoms with Crippen molar-refractivity contribution in [1.29, 1.82) is 0 Å². The molecule has 1 N–H and O–H groups in total. The van der Waals surface area contributed by atoms with E-state index in [0.29, 0.717) is 37.4 Å². The fourth-order valence-corrected chi connectivity index (χ4v) is 4.11. The summed E-state index contributed by atoms with van der Waals surface area (Å²) in [6.07, 6.45) is 6.49. The molecule has 0 aromatic carbocycles. The fourth-order valence-electron chi connectivity index (χ4n) is 3.62. The molecule has 1 unspecified atom stereocenters. The van der Waals surface area contributed by atoms with Gasteiger partial charge >= 0.3 is 0 Å². The van der Waals surface area contributed by atoms with E-state index in [0.717, 1.165) is 24.2 Å². The smallest absolute Gasteiger partial charge is 0.253 e. The van der Waals surface area contributed by atoms with Gasteiger partial charge in [-0.3, -0.25) is 4.79 Å². The molecule has 9 nitrogen and oxygen atoms in total. The maximum absolute atomic E-state index is 13.0. The number of nitrogens with one attached hydrogen (secondary N) is 1. The first-order valence-corrected chi connectivity index (χ1v) is 12.0. The highest BCUT2D eigenvalue weighted by Gasteiger charge is 2.24. The molecule has 2 aromatic rings. The van der Waals surface area contributed by atoms with E-state index in [1.165, 1.54) is 0 Å². The molecule has 1 saturated heterocycles. The van der Waals surface area contributed by atoms with Crippen molar-refractivity contribution in [3.63, 3.8) is 0 Å². The summed E-state index contributed by atoms with van der Waals surface area (Å²) in [6, 6.07) is 1.33. The van der Waals surface area contributed by atoms with Crippen LogP contribution in [0.2, 0.25) is 0 Å². The first-order valence-electron chi connectivity index (χ1n) is 10.1. The Morgan fingerprint density at radius 2 is 1.90 bits per heavy atom. The van der Waals surface area contributed by atoms with Gasteiger partial charge in [0.05, 0.1) is 37.4 Å². The Kier molecular flexibility index (Phi) is 7.39. The van der Waals surface area contributed by atoms with Gasteiger partial charge in [-0.1, -0.05) is 0 Å². The lowest BCUT2D eigenvalue weighted by atomic mass is 10.1. The Hall–Kier alpha value is -2.37. The summed E-state index contributed by atoms with van der Waals surface area (Å²) in [5, 5.41) is 0. The van der Waals surface area contributed by atoms with Crippen LogP contribution in [-0.2, 0) is 14.8 Å². The molecule has 31 heavy (non-hydrogen) atoms. The molecule has 1 aliphatic rings. The van der Waals surface area contributed by atoms with Crippen molar-refractivity contribution in [3.8, 4) is 0 Å². The van der Waals surface area contributed by atoms with E-state index in [1.54, 1.807) is 23.8 Å². The van der Waals surface area contributed by atoms with Gasteiger partial charge in [-0.25, -0.2) is 27.5 Å². The molecular formula is C20H28FN5O4S. The molecule has 0 spiro atoms. The van der Waals surface area contributed by atoms with Crippen molar-refractivity contribution in [2.24, 2.45) is 0 Å². The third kappa shape index (κ3) is 6.55. The number of piperidine rings is 1. The first kappa shape index (κ1) is 23.3. The molecule has 170 valence electrons. The second-order valence-corrected chi connectivity index (χ2v) is 9.74. The number of hydrogen-bond acceptors (Lipinski definition) is 7. The van der Waals surface area contributed by atoms with Gasteiger partial charge in [-0.15, -0.1) is 0 Å². The topological polar surface area (TPSA) is 106 Å². The van der Waals surface area contributed by atoms with E-state index in [2.05, 4.69) is 14.7 Å². The number of hydrogen-bond donors (Lipinski definition) is 1. The van der Waals surface area contributed by atoms with E-state index < -0.39 is 21.9 Å². The normalized spacial score (nSPS) is 16.5. The second kappa shape index (κ2) is 9.84. The molecular weight excluding hydrogens is 425 g/mol. The van der Waals surface area contributed by atoms with Gasteiger partial charge in [0.15, 0.2) is 5.82 Å². The highest BCUT2D eigenvalue weighted by atomic mass is 32.2. The maximum atomic E-state index is 13.0. The largest absolute Gasteiger partial charge is 0.376 e. The van der Waals surface area contributed by atoms with Crippen LogP contribution in [0.1, 0.15) is 30.0 Å². The van der Waals surface area contributed by atoms with Crippen molar-refractivity contribution in [1.82, 2.24) is 19.3 Å². The second-order valence-electron chi connectivity index (χ2n) is 7.91. The van der Waals surface area contributed by atoms with Gasteiger partial charge in [0, 0.05) is 31.4 Å². The number of aromatic nitrogens is 3. The molecule has 1 fully saturated rings. The zero-order chi connectivity index (χ0) is 22.6. The van der Waals surface area contributed by atoms with E-state index >= 15 is 0 Å². The van der Waals surface area contributed by atoms with Gasteiger partial charge in [0.1, 0.15) is 0 Å². The minimum Gasteiger partial charge on any atom is -0.376 e. The maximum Gasteiger partial charge on any atom is 0.253 e. The fraction of sp³-hybridized carbons (Fsp3) is 0.550. The lowest BCUT2D eigenvalue weighted by molar-refractivity contribution is 0.0178. The third-order valence-corrected chi connectivity index (χ3v) is 5.88. The summed E-state index contributed by atoms with van der Waals surface area (Å²) in [7, 11) is -3.41. The Morgan fingerprint density at radius 3 is 2.52 bits per heavy atom. The van der Waals surface area contributed by atoms with Gasteiger partial charge in [-0.2, -0.15) is 0 Å². The monoisotopic (exact) mass is 453 g/mol. The molecule has 2 aromatic heterocycles. The quantitative estimate of drug-likeness (QED) is 0.639. The van der Waals surface area contributed by atoms with E-state index in [1.807, 2.05) is 11.8 Å². The molecule has 1 atom stereocenters. The summed E-state index contributed by atoms with van der Waals surface area (Å²) in [4.78, 5) is 22.6. The predicted octanol–water partition coefficient (Wildman–Crippen LogP) is 1.17. The lowest BCUT2D eigenvalue weighted by Gasteiger charge is -2.33. The summed E-state index contributed by atoms with van der Waals surface area (Å²) < 4.78 is 46.3. The first-order chi connectivity index (χ1) is 14.6. The van der Waals surface area contributed by atoms with E-state index in [-0.39, 0.29) is 24.8 Å².